The van der Waals surface area contributed by atoms with E-state index >= 15 is 0 Å². The number of β-amino-alcohol motifs (C(OH)–C–C–N with tert-alkyl or cyclic N) is 1. The van der Waals surface area contributed by atoms with Crippen LogP contribution in [0.5, 0.6) is 0 Å². The van der Waals surface area contributed by atoms with Crippen molar-refractivity contribution in [3.8, 4) is 6.07 Å². The normalized spacial score (nSPS) is 18.2. The summed E-state index contributed by atoms with van der Waals surface area (Å²) in [6.45, 7) is 13.8. The summed E-state index contributed by atoms with van der Waals surface area (Å²) >= 11 is 1.46. The highest BCUT2D eigenvalue weighted by Gasteiger charge is 2.32. The molecule has 0 amide bonds. The maximum absolute atomic E-state index is 13.6. The van der Waals surface area contributed by atoms with Gasteiger partial charge >= 0.3 is 0 Å². The van der Waals surface area contributed by atoms with E-state index < -0.39 is 0 Å². The second-order valence-electron chi connectivity index (χ2n) is 13.3. The molecule has 2 aliphatic heterocycles. The van der Waals surface area contributed by atoms with Gasteiger partial charge in [-0.2, -0.15) is 5.26 Å². The van der Waals surface area contributed by atoms with Crippen molar-refractivity contribution in [1.82, 2.24) is 19.2 Å². The topological polar surface area (TPSA) is 104 Å². The van der Waals surface area contributed by atoms with Gasteiger partial charge in [0.2, 0.25) is 0 Å². The number of hydrogen-bond donors (Lipinski definition) is 1. The lowest BCUT2D eigenvalue weighted by molar-refractivity contribution is -0.124. The van der Waals surface area contributed by atoms with Crippen molar-refractivity contribution >= 4 is 45.6 Å². The van der Waals surface area contributed by atoms with Gasteiger partial charge in [0.1, 0.15) is 17.3 Å². The van der Waals surface area contributed by atoms with Gasteiger partial charge in [-0.25, -0.2) is 14.4 Å². The minimum atomic E-state index is -0.349. The van der Waals surface area contributed by atoms with Crippen molar-refractivity contribution in [2.75, 3.05) is 75.5 Å². The van der Waals surface area contributed by atoms with E-state index in [0.29, 0.717) is 49.0 Å². The lowest BCUT2D eigenvalue weighted by atomic mass is 9.92. The van der Waals surface area contributed by atoms with Gasteiger partial charge in [0.15, 0.2) is 11.0 Å². The molecule has 5 rings (SSSR count). The summed E-state index contributed by atoms with van der Waals surface area (Å²) in [6, 6.07) is 10.3. The number of ketones is 1. The fraction of sp³-hybridized carbons (Fsp3) is 0.486. The highest BCUT2D eigenvalue weighted by Crippen LogP contribution is 2.32. The number of benzene rings is 1. The Morgan fingerprint density at radius 1 is 1.21 bits per heavy atom. The fourth-order valence-electron chi connectivity index (χ4n) is 6.57. The van der Waals surface area contributed by atoms with Crippen LogP contribution in [0.15, 0.2) is 47.6 Å². The first-order valence-corrected chi connectivity index (χ1v) is 17.3. The molecular weight excluding hydrogens is 616 g/mol. The van der Waals surface area contributed by atoms with Crippen molar-refractivity contribution in [2.24, 2.45) is 10.4 Å². The minimum absolute atomic E-state index is 0.0573. The van der Waals surface area contributed by atoms with Gasteiger partial charge in [-0.3, -0.25) is 19.0 Å². The lowest BCUT2D eigenvalue weighted by Crippen LogP contribution is -2.53. The third-order valence-electron chi connectivity index (χ3n) is 8.67. The second kappa shape index (κ2) is 14.6. The molecule has 47 heavy (non-hydrogen) atoms. The van der Waals surface area contributed by atoms with Crippen molar-refractivity contribution < 1.29 is 14.3 Å². The lowest BCUT2D eigenvalue weighted by Gasteiger charge is -2.36. The molecular formula is C35H45FN8O2S. The number of aliphatic hydroxyl groups excluding tert-OH is 1. The SMILES string of the molecule is CCc1nc2c(C)cc(N3CCN(CC(=O)CN4CC(O)C4)CC(C)(C)C3)cn2c1N(C)/C(=N/C(=C/C#N)c1ccc(F)cc1)SC. The van der Waals surface area contributed by atoms with Crippen molar-refractivity contribution in [1.29, 1.82) is 5.26 Å². The molecule has 12 heteroatoms. The van der Waals surface area contributed by atoms with E-state index in [1.165, 1.54) is 30.0 Å². The van der Waals surface area contributed by atoms with E-state index in [2.05, 4.69) is 60.2 Å². The predicted molar refractivity (Wildman–Crippen MR) is 189 cm³/mol. The van der Waals surface area contributed by atoms with E-state index in [-0.39, 0.29) is 23.1 Å². The number of halogens is 1. The largest absolute Gasteiger partial charge is 0.390 e. The van der Waals surface area contributed by atoms with Crippen LogP contribution in [-0.4, -0.2) is 107 Å². The standard InChI is InChI=1S/C35H45FN8O2S/c1-7-30-33(40(5)34(47-6)39-31(12-13-37)25-8-10-26(36)11-9-25)44-17-27(16-24(2)32(44)38-30)43-15-14-41(22-35(3,4)23-43)18-28(45)19-42-20-29(46)21-42/h8-12,16-17,29,46H,7,14-15,18-23H2,1-6H3/b31-12+,39-34-. The summed E-state index contributed by atoms with van der Waals surface area (Å²) in [7, 11) is 1.96. The third kappa shape index (κ3) is 8.04. The number of aliphatic hydroxyl groups is 1. The molecule has 2 saturated heterocycles. The Bertz CT molecular complexity index is 1700. The van der Waals surface area contributed by atoms with Crippen LogP contribution in [0.25, 0.3) is 11.3 Å². The highest BCUT2D eigenvalue weighted by atomic mass is 32.2. The number of aromatic nitrogens is 2. The number of nitriles is 1. The molecule has 1 aromatic carbocycles. The maximum Gasteiger partial charge on any atom is 0.169 e. The smallest absolute Gasteiger partial charge is 0.169 e. The zero-order valence-corrected chi connectivity index (χ0v) is 29.0. The number of hydrogen-bond acceptors (Lipinski definition) is 9. The number of imidazole rings is 1. The molecule has 0 saturated carbocycles. The van der Waals surface area contributed by atoms with Gasteiger partial charge in [0.05, 0.1) is 42.3 Å². The van der Waals surface area contributed by atoms with Gasteiger partial charge < -0.3 is 14.9 Å². The number of aryl methyl sites for hydroxylation is 2. The average Bonchev–Trinajstić information content (AvgIpc) is 3.31. The number of thioether (sulfide) groups is 1. The van der Waals surface area contributed by atoms with E-state index in [1.807, 2.05) is 23.1 Å². The fourth-order valence-corrected chi connectivity index (χ4v) is 7.12. The molecule has 10 nitrogen and oxygen atoms in total. The first-order valence-electron chi connectivity index (χ1n) is 16.0. The van der Waals surface area contributed by atoms with Crippen LogP contribution in [-0.2, 0) is 11.2 Å². The summed E-state index contributed by atoms with van der Waals surface area (Å²) in [4.78, 5) is 31.5. The number of rotatable bonds is 9. The molecule has 1 N–H and O–H groups in total. The van der Waals surface area contributed by atoms with Crippen molar-refractivity contribution in [3.63, 3.8) is 0 Å². The number of pyridine rings is 1. The molecule has 2 fully saturated rings. The molecule has 4 heterocycles. The summed E-state index contributed by atoms with van der Waals surface area (Å²) in [5.41, 5.74) is 4.98. The molecule has 3 aromatic rings. The Morgan fingerprint density at radius 3 is 2.55 bits per heavy atom. The van der Waals surface area contributed by atoms with Gasteiger partial charge in [0, 0.05) is 64.2 Å². The summed E-state index contributed by atoms with van der Waals surface area (Å²) < 4.78 is 15.8. The molecule has 250 valence electrons. The Morgan fingerprint density at radius 2 is 1.91 bits per heavy atom. The number of amidine groups is 1. The van der Waals surface area contributed by atoms with E-state index in [0.717, 1.165) is 54.6 Å². The number of carbonyl (C=O) groups excluding carboxylic acids is 1. The molecule has 0 bridgehead atoms. The van der Waals surface area contributed by atoms with Crippen LogP contribution in [0.3, 0.4) is 0 Å². The van der Waals surface area contributed by atoms with Crippen LogP contribution < -0.4 is 9.80 Å². The maximum atomic E-state index is 13.6. The zero-order valence-electron chi connectivity index (χ0n) is 28.2. The first-order chi connectivity index (χ1) is 22.4. The van der Waals surface area contributed by atoms with Gasteiger partial charge in [0.25, 0.3) is 0 Å². The number of nitrogens with zero attached hydrogens (tertiary/aromatic N) is 8. The Labute approximate surface area is 281 Å². The van der Waals surface area contributed by atoms with Crippen LogP contribution in [0, 0.1) is 29.5 Å². The molecule has 0 radical (unpaired) electrons. The van der Waals surface area contributed by atoms with E-state index in [9.17, 15) is 19.6 Å². The summed E-state index contributed by atoms with van der Waals surface area (Å²) in [6.07, 6.45) is 5.88. The Kier molecular flexibility index (Phi) is 10.7. The van der Waals surface area contributed by atoms with Gasteiger partial charge in [-0.15, -0.1) is 0 Å². The number of carbonyl (C=O) groups is 1. The van der Waals surface area contributed by atoms with E-state index in [4.69, 9.17) is 9.98 Å². The molecule has 0 spiro atoms. The number of aliphatic imine (C=N–C) groups is 1. The van der Waals surface area contributed by atoms with Gasteiger partial charge in [-0.1, -0.05) is 32.5 Å². The third-order valence-corrected chi connectivity index (χ3v) is 9.40. The molecule has 0 unspecified atom stereocenters. The predicted octanol–water partition coefficient (Wildman–Crippen LogP) is 4.46. The number of fused-ring (bicyclic) bond motifs is 1. The molecule has 0 aliphatic carbocycles. The van der Waals surface area contributed by atoms with Crippen LogP contribution in [0.1, 0.15) is 37.6 Å². The molecule has 0 atom stereocenters. The second-order valence-corrected chi connectivity index (χ2v) is 14.1. The summed E-state index contributed by atoms with van der Waals surface area (Å²) in [5, 5.41) is 19.8. The first kappa shape index (κ1) is 34.6. The number of likely N-dealkylation sites (tertiary alicyclic amines) is 1. The minimum Gasteiger partial charge on any atom is -0.390 e. The van der Waals surface area contributed by atoms with Crippen molar-refractivity contribution in [2.45, 2.75) is 40.2 Å². The van der Waals surface area contributed by atoms with Crippen molar-refractivity contribution in [3.05, 3.63) is 65.2 Å². The highest BCUT2D eigenvalue weighted by molar-refractivity contribution is 8.13. The van der Waals surface area contributed by atoms with Crippen LogP contribution in [0.2, 0.25) is 0 Å². The Balaban J connectivity index is 1.44. The van der Waals surface area contributed by atoms with Crippen LogP contribution >= 0.6 is 11.8 Å². The summed E-state index contributed by atoms with van der Waals surface area (Å²) in [5.74, 6) is 0.738. The molecule has 2 aliphatic rings. The Hall–Kier alpha value is -3.76. The number of anilines is 2. The van der Waals surface area contributed by atoms with E-state index in [1.54, 1.807) is 12.1 Å². The van der Waals surface area contributed by atoms with Crippen LogP contribution in [0.4, 0.5) is 15.9 Å². The number of Topliss-reactive ketones (excluding diaryl/α,β-unsaturated/α-hetero) is 1. The monoisotopic (exact) mass is 660 g/mol. The van der Waals surface area contributed by atoms with Gasteiger partial charge in [-0.05, 0) is 60.9 Å². The quantitative estimate of drug-likeness (QED) is 0.203. The zero-order chi connectivity index (χ0) is 33.9. The number of allylic oxidation sites excluding steroid dienone is 1. The molecule has 2 aromatic heterocycles. The average molecular weight is 661 g/mol.